The predicted molar refractivity (Wildman–Crippen MR) is 59.0 cm³/mol. The molecule has 0 aromatic heterocycles. The molecule has 0 spiro atoms. The maximum absolute atomic E-state index is 13.1. The van der Waals surface area contributed by atoms with Gasteiger partial charge in [0, 0.05) is 20.2 Å². The van der Waals surface area contributed by atoms with Crippen LogP contribution in [0.2, 0.25) is 0 Å². The van der Waals surface area contributed by atoms with Crippen molar-refractivity contribution in [2.45, 2.75) is 6.54 Å². The van der Waals surface area contributed by atoms with Gasteiger partial charge in [-0.1, -0.05) is 6.07 Å². The molecule has 0 aliphatic carbocycles. The van der Waals surface area contributed by atoms with Crippen LogP contribution in [0.15, 0.2) is 18.2 Å². The molecule has 15 heavy (non-hydrogen) atoms. The highest BCUT2D eigenvalue weighted by molar-refractivity contribution is 5.41. The minimum absolute atomic E-state index is 0.193. The van der Waals surface area contributed by atoms with E-state index in [1.165, 1.54) is 6.07 Å². The zero-order chi connectivity index (χ0) is 11.3. The molecular formula is C11H17FN2O. The Hall–Kier alpha value is -1.13. The first-order valence-electron chi connectivity index (χ1n) is 4.85. The molecule has 0 unspecified atom stereocenters. The molecule has 1 aromatic rings. The fraction of sp³-hybridized carbons (Fsp3) is 0.455. The number of nitrogens with two attached hydrogens (primary N) is 1. The van der Waals surface area contributed by atoms with E-state index in [1.807, 2.05) is 13.1 Å². The minimum Gasteiger partial charge on any atom is -0.396 e. The second-order valence-electron chi connectivity index (χ2n) is 3.59. The topological polar surface area (TPSA) is 38.5 Å². The van der Waals surface area contributed by atoms with Gasteiger partial charge >= 0.3 is 0 Å². The zero-order valence-corrected chi connectivity index (χ0v) is 9.16. The Labute approximate surface area is 89.6 Å². The summed E-state index contributed by atoms with van der Waals surface area (Å²) in [6.07, 6.45) is 0. The van der Waals surface area contributed by atoms with E-state index >= 15 is 0 Å². The maximum atomic E-state index is 13.1. The molecule has 1 rings (SSSR count). The molecule has 0 aliphatic rings. The summed E-state index contributed by atoms with van der Waals surface area (Å²) in [7, 11) is 3.63. The molecule has 3 nitrogen and oxygen atoms in total. The molecule has 0 amide bonds. The molecule has 0 radical (unpaired) electrons. The smallest absolute Gasteiger partial charge is 0.146 e. The van der Waals surface area contributed by atoms with Crippen molar-refractivity contribution < 1.29 is 9.13 Å². The average Bonchev–Trinajstić information content (AvgIpc) is 2.20. The average molecular weight is 212 g/mol. The van der Waals surface area contributed by atoms with Crippen molar-refractivity contribution in [3.05, 3.63) is 29.6 Å². The lowest BCUT2D eigenvalue weighted by atomic mass is 10.2. The lowest BCUT2D eigenvalue weighted by Gasteiger charge is -2.16. The van der Waals surface area contributed by atoms with Gasteiger partial charge in [0.15, 0.2) is 0 Å². The lowest BCUT2D eigenvalue weighted by Crippen LogP contribution is -2.22. The molecule has 4 heteroatoms. The molecule has 0 heterocycles. The van der Waals surface area contributed by atoms with Gasteiger partial charge in [-0.2, -0.15) is 0 Å². The largest absolute Gasteiger partial charge is 0.396 e. The normalized spacial score (nSPS) is 10.9. The number of hydrogen-bond acceptors (Lipinski definition) is 3. The third-order valence-corrected chi connectivity index (χ3v) is 2.19. The van der Waals surface area contributed by atoms with Crippen molar-refractivity contribution in [2.75, 3.05) is 33.0 Å². The molecule has 2 N–H and O–H groups in total. The Balaban J connectivity index is 2.53. The molecule has 0 saturated heterocycles. The molecule has 0 atom stereocenters. The Bertz CT molecular complexity index is 317. The molecule has 0 saturated carbocycles. The monoisotopic (exact) mass is 212 g/mol. The van der Waals surface area contributed by atoms with Crippen LogP contribution in [0.5, 0.6) is 0 Å². The van der Waals surface area contributed by atoms with E-state index in [2.05, 4.69) is 4.90 Å². The van der Waals surface area contributed by atoms with Crippen molar-refractivity contribution in [3.63, 3.8) is 0 Å². The second kappa shape index (κ2) is 5.68. The summed E-state index contributed by atoms with van der Waals surface area (Å²) in [5.74, 6) is -0.354. The second-order valence-corrected chi connectivity index (χ2v) is 3.59. The van der Waals surface area contributed by atoms with Crippen LogP contribution in [0.1, 0.15) is 5.56 Å². The number of benzene rings is 1. The van der Waals surface area contributed by atoms with Gasteiger partial charge < -0.3 is 10.5 Å². The van der Waals surface area contributed by atoms with Crippen LogP contribution in [0.25, 0.3) is 0 Å². The highest BCUT2D eigenvalue weighted by Gasteiger charge is 2.03. The van der Waals surface area contributed by atoms with Crippen LogP contribution in [-0.2, 0) is 11.3 Å². The number of rotatable bonds is 5. The van der Waals surface area contributed by atoms with Crippen molar-refractivity contribution in [1.82, 2.24) is 4.90 Å². The third kappa shape index (κ3) is 3.85. The molecule has 1 aromatic carbocycles. The number of likely N-dealkylation sites (N-methyl/N-ethyl adjacent to an activating group) is 1. The summed E-state index contributed by atoms with van der Waals surface area (Å²) in [6.45, 7) is 2.19. The first-order chi connectivity index (χ1) is 7.13. The van der Waals surface area contributed by atoms with Crippen molar-refractivity contribution in [1.29, 1.82) is 0 Å². The number of anilines is 1. The first kappa shape index (κ1) is 11.9. The summed E-state index contributed by atoms with van der Waals surface area (Å²) in [5, 5.41) is 0. The standard InChI is InChI=1S/C11H17FN2O/c1-14(5-6-15-2)8-9-3-4-11(13)10(12)7-9/h3-4,7H,5-6,8,13H2,1-2H3. The van der Waals surface area contributed by atoms with Gasteiger partial charge in [0.2, 0.25) is 0 Å². The van der Waals surface area contributed by atoms with Gasteiger partial charge in [-0.3, -0.25) is 4.90 Å². The quantitative estimate of drug-likeness (QED) is 0.751. The van der Waals surface area contributed by atoms with Crippen molar-refractivity contribution in [3.8, 4) is 0 Å². The van der Waals surface area contributed by atoms with Gasteiger partial charge in [-0.15, -0.1) is 0 Å². The van der Waals surface area contributed by atoms with Crippen LogP contribution in [0.3, 0.4) is 0 Å². The Morgan fingerprint density at radius 1 is 1.47 bits per heavy atom. The number of halogens is 1. The Kier molecular flexibility index (Phi) is 4.52. The summed E-state index contributed by atoms with van der Waals surface area (Å²) in [5.41, 5.74) is 6.50. The Morgan fingerprint density at radius 2 is 2.20 bits per heavy atom. The van der Waals surface area contributed by atoms with E-state index in [-0.39, 0.29) is 11.5 Å². The van der Waals surface area contributed by atoms with Crippen LogP contribution < -0.4 is 5.73 Å². The van der Waals surface area contributed by atoms with E-state index in [0.717, 1.165) is 12.1 Å². The van der Waals surface area contributed by atoms with E-state index in [0.29, 0.717) is 13.2 Å². The lowest BCUT2D eigenvalue weighted by molar-refractivity contribution is 0.158. The minimum atomic E-state index is -0.354. The van der Waals surface area contributed by atoms with Crippen LogP contribution in [-0.4, -0.2) is 32.2 Å². The Morgan fingerprint density at radius 3 is 2.80 bits per heavy atom. The summed E-state index contributed by atoms with van der Waals surface area (Å²) >= 11 is 0. The van der Waals surface area contributed by atoms with Crippen LogP contribution >= 0.6 is 0 Å². The molecular weight excluding hydrogens is 195 g/mol. The molecule has 0 aliphatic heterocycles. The fourth-order valence-electron chi connectivity index (χ4n) is 1.31. The number of nitrogen functional groups attached to an aromatic ring is 1. The van der Waals surface area contributed by atoms with Gasteiger partial charge in [0.1, 0.15) is 5.82 Å². The maximum Gasteiger partial charge on any atom is 0.146 e. The summed E-state index contributed by atoms with van der Waals surface area (Å²) in [6, 6.07) is 4.90. The van der Waals surface area contributed by atoms with Crippen molar-refractivity contribution >= 4 is 5.69 Å². The number of hydrogen-bond donors (Lipinski definition) is 1. The van der Waals surface area contributed by atoms with E-state index in [4.69, 9.17) is 10.5 Å². The number of ether oxygens (including phenoxy) is 1. The predicted octanol–water partition coefficient (Wildman–Crippen LogP) is 1.49. The summed E-state index contributed by atoms with van der Waals surface area (Å²) < 4.78 is 18.1. The summed E-state index contributed by atoms with van der Waals surface area (Å²) in [4.78, 5) is 2.06. The van der Waals surface area contributed by atoms with E-state index in [1.54, 1.807) is 13.2 Å². The highest BCUT2D eigenvalue weighted by atomic mass is 19.1. The van der Waals surface area contributed by atoms with Crippen molar-refractivity contribution in [2.24, 2.45) is 0 Å². The van der Waals surface area contributed by atoms with Gasteiger partial charge in [0.05, 0.1) is 12.3 Å². The third-order valence-electron chi connectivity index (χ3n) is 2.19. The first-order valence-corrected chi connectivity index (χ1v) is 4.85. The van der Waals surface area contributed by atoms with Gasteiger partial charge in [0.25, 0.3) is 0 Å². The van der Waals surface area contributed by atoms with E-state index in [9.17, 15) is 4.39 Å². The zero-order valence-electron chi connectivity index (χ0n) is 9.16. The van der Waals surface area contributed by atoms with Gasteiger partial charge in [-0.05, 0) is 24.7 Å². The number of methoxy groups -OCH3 is 1. The molecule has 0 bridgehead atoms. The molecule has 0 fully saturated rings. The van der Waals surface area contributed by atoms with Crippen LogP contribution in [0.4, 0.5) is 10.1 Å². The number of nitrogens with zero attached hydrogens (tertiary/aromatic N) is 1. The SMILES string of the molecule is COCCN(C)Cc1ccc(N)c(F)c1. The van der Waals surface area contributed by atoms with E-state index < -0.39 is 0 Å². The fourth-order valence-corrected chi connectivity index (χ4v) is 1.31. The highest BCUT2D eigenvalue weighted by Crippen LogP contribution is 2.12. The molecule has 84 valence electrons. The van der Waals surface area contributed by atoms with Crippen LogP contribution in [0, 0.1) is 5.82 Å². The van der Waals surface area contributed by atoms with Gasteiger partial charge in [-0.25, -0.2) is 4.39 Å².